The molecule has 8 heteroatoms. The van der Waals surface area contributed by atoms with E-state index < -0.39 is 17.8 Å². The van der Waals surface area contributed by atoms with Crippen LogP contribution in [0.25, 0.3) is 0 Å². The van der Waals surface area contributed by atoms with Crippen LogP contribution in [0.2, 0.25) is 0 Å². The largest absolute Gasteiger partial charge is 0.356 e. The lowest BCUT2D eigenvalue weighted by atomic mass is 10.1. The van der Waals surface area contributed by atoms with E-state index in [0.29, 0.717) is 31.0 Å². The maximum absolute atomic E-state index is 11.6. The second kappa shape index (κ2) is 11.6. The van der Waals surface area contributed by atoms with Crippen LogP contribution in [0, 0.1) is 0 Å². The Balaban J connectivity index is 1.98. The molecule has 1 fully saturated rings. The van der Waals surface area contributed by atoms with Crippen LogP contribution in [-0.2, 0) is 24.0 Å². The van der Waals surface area contributed by atoms with Gasteiger partial charge < -0.3 is 15.9 Å². The number of nitrogens with one attached hydrogen (secondary N) is 1. The second-order valence-corrected chi connectivity index (χ2v) is 5.81. The number of nitrogens with two attached hydrogens (primary N) is 1. The van der Waals surface area contributed by atoms with Gasteiger partial charge in [-0.05, 0) is 32.2 Å². The second-order valence-electron chi connectivity index (χ2n) is 5.81. The highest BCUT2D eigenvalue weighted by molar-refractivity contribution is 6.01. The zero-order valence-corrected chi connectivity index (χ0v) is 14.1. The number of imide groups is 1. The molecule has 0 atom stereocenters. The van der Waals surface area contributed by atoms with Gasteiger partial charge in [0.2, 0.25) is 5.91 Å². The minimum absolute atomic E-state index is 0.0393. The maximum atomic E-state index is 11.6. The van der Waals surface area contributed by atoms with E-state index in [2.05, 4.69) is 5.32 Å². The van der Waals surface area contributed by atoms with E-state index in [4.69, 9.17) is 10.6 Å². The van der Waals surface area contributed by atoms with Crippen molar-refractivity contribution < 1.29 is 24.0 Å². The lowest BCUT2D eigenvalue weighted by molar-refractivity contribution is -0.197. The van der Waals surface area contributed by atoms with Gasteiger partial charge in [0.1, 0.15) is 0 Å². The van der Waals surface area contributed by atoms with Crippen LogP contribution in [-0.4, -0.2) is 41.8 Å². The summed E-state index contributed by atoms with van der Waals surface area (Å²) >= 11 is 0. The van der Waals surface area contributed by atoms with Gasteiger partial charge in [0.25, 0.3) is 11.8 Å². The zero-order valence-electron chi connectivity index (χ0n) is 14.1. The van der Waals surface area contributed by atoms with Crippen LogP contribution >= 0.6 is 0 Å². The standard InChI is InChI=1S/C16H27N3O5/c17-11-5-1-3-7-13(20)18-12-6-2-4-8-16(23)24-19-14(21)9-10-15(19)22/h1-12,17H2,(H,18,20). The van der Waals surface area contributed by atoms with Gasteiger partial charge in [0.15, 0.2) is 0 Å². The van der Waals surface area contributed by atoms with Crippen molar-refractivity contribution in [2.45, 2.75) is 64.2 Å². The molecule has 3 amide bonds. The molecule has 1 saturated heterocycles. The van der Waals surface area contributed by atoms with Crippen molar-refractivity contribution in [3.63, 3.8) is 0 Å². The Bertz CT molecular complexity index is 437. The summed E-state index contributed by atoms with van der Waals surface area (Å²) in [5.74, 6) is -1.48. The van der Waals surface area contributed by atoms with Gasteiger partial charge in [-0.3, -0.25) is 14.4 Å². The molecule has 0 aromatic heterocycles. The first-order valence-electron chi connectivity index (χ1n) is 8.58. The highest BCUT2D eigenvalue weighted by Crippen LogP contribution is 2.13. The molecule has 0 saturated carbocycles. The molecule has 0 spiro atoms. The molecule has 136 valence electrons. The molecule has 8 nitrogen and oxygen atoms in total. The van der Waals surface area contributed by atoms with E-state index in [1.54, 1.807) is 0 Å². The fraction of sp³-hybridized carbons (Fsp3) is 0.750. The number of unbranched alkanes of at least 4 members (excludes halogenated alkanes) is 4. The fourth-order valence-corrected chi connectivity index (χ4v) is 2.30. The summed E-state index contributed by atoms with van der Waals surface area (Å²) in [6.07, 6.45) is 5.72. The summed E-state index contributed by atoms with van der Waals surface area (Å²) in [5, 5.41) is 3.40. The normalized spacial score (nSPS) is 14.1. The predicted molar refractivity (Wildman–Crippen MR) is 86.2 cm³/mol. The SMILES string of the molecule is NCCCCCC(=O)NCCCCCC(=O)ON1C(=O)CCC1=O. The van der Waals surface area contributed by atoms with Crippen LogP contribution < -0.4 is 11.1 Å². The number of rotatable bonds is 12. The van der Waals surface area contributed by atoms with Gasteiger partial charge in [-0.25, -0.2) is 4.79 Å². The van der Waals surface area contributed by atoms with Gasteiger partial charge in [0.05, 0.1) is 0 Å². The third-order valence-electron chi connectivity index (χ3n) is 3.69. The first-order chi connectivity index (χ1) is 11.5. The van der Waals surface area contributed by atoms with Gasteiger partial charge in [-0.2, -0.15) is 0 Å². The minimum Gasteiger partial charge on any atom is -0.356 e. The smallest absolute Gasteiger partial charge is 0.333 e. The summed E-state index contributed by atoms with van der Waals surface area (Å²) in [5.41, 5.74) is 5.38. The van der Waals surface area contributed by atoms with Crippen molar-refractivity contribution in [3.8, 4) is 0 Å². The van der Waals surface area contributed by atoms with Crippen LogP contribution in [0.1, 0.15) is 64.2 Å². The van der Waals surface area contributed by atoms with E-state index in [9.17, 15) is 19.2 Å². The first kappa shape index (κ1) is 20.1. The van der Waals surface area contributed by atoms with Crippen molar-refractivity contribution in [3.05, 3.63) is 0 Å². The minimum atomic E-state index is -0.581. The molecular weight excluding hydrogens is 314 g/mol. The van der Waals surface area contributed by atoms with E-state index in [-0.39, 0.29) is 25.2 Å². The fourth-order valence-electron chi connectivity index (χ4n) is 2.30. The van der Waals surface area contributed by atoms with Crippen molar-refractivity contribution in [1.29, 1.82) is 0 Å². The number of hydrogen-bond acceptors (Lipinski definition) is 6. The first-order valence-corrected chi connectivity index (χ1v) is 8.58. The Morgan fingerprint density at radius 1 is 0.958 bits per heavy atom. The molecule has 24 heavy (non-hydrogen) atoms. The van der Waals surface area contributed by atoms with Gasteiger partial charge in [-0.1, -0.05) is 12.8 Å². The number of hydroxylamine groups is 2. The molecule has 1 aliphatic rings. The van der Waals surface area contributed by atoms with E-state index in [0.717, 1.165) is 32.1 Å². The average Bonchev–Trinajstić information content (AvgIpc) is 2.86. The lowest BCUT2D eigenvalue weighted by Gasteiger charge is -2.12. The zero-order chi connectivity index (χ0) is 17.8. The van der Waals surface area contributed by atoms with Crippen LogP contribution in [0.5, 0.6) is 0 Å². The van der Waals surface area contributed by atoms with Gasteiger partial charge in [0, 0.05) is 32.2 Å². The maximum Gasteiger partial charge on any atom is 0.333 e. The molecule has 0 aromatic rings. The molecule has 0 aliphatic carbocycles. The monoisotopic (exact) mass is 341 g/mol. The van der Waals surface area contributed by atoms with Gasteiger partial charge >= 0.3 is 5.97 Å². The number of hydrogen-bond donors (Lipinski definition) is 2. The van der Waals surface area contributed by atoms with Crippen LogP contribution in [0.15, 0.2) is 0 Å². The number of nitrogens with zero attached hydrogens (tertiary/aromatic N) is 1. The summed E-state index contributed by atoms with van der Waals surface area (Å²) < 4.78 is 0. The van der Waals surface area contributed by atoms with Crippen LogP contribution in [0.4, 0.5) is 0 Å². The number of carbonyl (C=O) groups is 4. The lowest BCUT2D eigenvalue weighted by Crippen LogP contribution is -2.31. The van der Waals surface area contributed by atoms with Crippen molar-refractivity contribution in [1.82, 2.24) is 10.4 Å². The van der Waals surface area contributed by atoms with Crippen molar-refractivity contribution in [2.75, 3.05) is 13.1 Å². The summed E-state index contributed by atoms with van der Waals surface area (Å²) in [6, 6.07) is 0. The van der Waals surface area contributed by atoms with Gasteiger partial charge in [-0.15, -0.1) is 5.06 Å². The highest BCUT2D eigenvalue weighted by Gasteiger charge is 2.32. The summed E-state index contributed by atoms with van der Waals surface area (Å²) in [6.45, 7) is 1.23. The number of amides is 3. The molecule has 1 rings (SSSR count). The molecular formula is C16H27N3O5. The Morgan fingerprint density at radius 2 is 1.58 bits per heavy atom. The quantitative estimate of drug-likeness (QED) is 0.400. The topological polar surface area (TPSA) is 119 Å². The molecule has 1 aliphatic heterocycles. The Morgan fingerprint density at radius 3 is 2.25 bits per heavy atom. The predicted octanol–water partition coefficient (Wildman–Crippen LogP) is 0.789. The highest BCUT2D eigenvalue weighted by atomic mass is 16.7. The molecule has 1 heterocycles. The van der Waals surface area contributed by atoms with E-state index in [1.165, 1.54) is 0 Å². The molecule has 0 radical (unpaired) electrons. The Labute approximate surface area is 142 Å². The molecule has 0 unspecified atom stereocenters. The van der Waals surface area contributed by atoms with E-state index in [1.807, 2.05) is 0 Å². The average molecular weight is 341 g/mol. The summed E-state index contributed by atoms with van der Waals surface area (Å²) in [7, 11) is 0. The third-order valence-corrected chi connectivity index (χ3v) is 3.69. The molecule has 3 N–H and O–H groups in total. The Kier molecular flexibility index (Phi) is 9.67. The molecule has 0 bridgehead atoms. The summed E-state index contributed by atoms with van der Waals surface area (Å²) in [4.78, 5) is 50.4. The van der Waals surface area contributed by atoms with E-state index >= 15 is 0 Å². The molecule has 0 aromatic carbocycles. The number of carbonyl (C=O) groups excluding carboxylic acids is 4. The third kappa shape index (κ3) is 8.05. The van der Waals surface area contributed by atoms with Crippen molar-refractivity contribution >= 4 is 23.7 Å². The Hall–Kier alpha value is -1.96. The van der Waals surface area contributed by atoms with Crippen molar-refractivity contribution in [2.24, 2.45) is 5.73 Å². The van der Waals surface area contributed by atoms with Crippen LogP contribution in [0.3, 0.4) is 0 Å².